The molecule has 0 fully saturated rings. The summed E-state index contributed by atoms with van der Waals surface area (Å²) in [5.74, 6) is 0.712. The van der Waals surface area contributed by atoms with Gasteiger partial charge in [0.15, 0.2) is 0 Å². The summed E-state index contributed by atoms with van der Waals surface area (Å²) in [6.07, 6.45) is 4.62. The second kappa shape index (κ2) is 5.58. The average molecular weight is 288 g/mol. The second-order valence-corrected chi connectivity index (χ2v) is 5.90. The topological polar surface area (TPSA) is 72.9 Å². The molecule has 6 heteroatoms. The van der Waals surface area contributed by atoms with E-state index in [0.29, 0.717) is 6.04 Å². The molecule has 0 saturated heterocycles. The molecule has 2 heterocycles. The van der Waals surface area contributed by atoms with Gasteiger partial charge in [-0.05, 0) is 18.1 Å². The number of fused-ring (bicyclic) bond motifs is 1. The van der Waals surface area contributed by atoms with Gasteiger partial charge >= 0.3 is 0 Å². The van der Waals surface area contributed by atoms with Crippen LogP contribution in [-0.4, -0.2) is 21.4 Å². The molecule has 0 aliphatic carbocycles. The molecule has 0 saturated carbocycles. The van der Waals surface area contributed by atoms with Gasteiger partial charge in [0.25, 0.3) is 0 Å². The molecule has 20 heavy (non-hydrogen) atoms. The minimum atomic E-state index is -0.390. The summed E-state index contributed by atoms with van der Waals surface area (Å²) in [5, 5.41) is 7.61. The Morgan fingerprint density at radius 3 is 3.20 bits per heavy atom. The maximum Gasteiger partial charge on any atom is 0.239 e. The predicted molar refractivity (Wildman–Crippen MR) is 79.6 cm³/mol. The highest BCUT2D eigenvalue weighted by molar-refractivity contribution is 7.99. The first-order chi connectivity index (χ1) is 9.72. The van der Waals surface area contributed by atoms with E-state index in [-0.39, 0.29) is 12.5 Å². The van der Waals surface area contributed by atoms with Crippen LogP contribution in [0.2, 0.25) is 0 Å². The van der Waals surface area contributed by atoms with Crippen molar-refractivity contribution >= 4 is 23.4 Å². The number of primary amides is 1. The van der Waals surface area contributed by atoms with Gasteiger partial charge in [-0.2, -0.15) is 5.10 Å². The van der Waals surface area contributed by atoms with E-state index in [1.807, 2.05) is 18.0 Å². The van der Waals surface area contributed by atoms with Crippen molar-refractivity contribution in [1.82, 2.24) is 9.78 Å². The van der Waals surface area contributed by atoms with Crippen molar-refractivity contribution in [2.24, 2.45) is 5.73 Å². The fourth-order valence-electron chi connectivity index (χ4n) is 2.38. The first kappa shape index (κ1) is 13.1. The molecule has 3 N–H and O–H groups in total. The summed E-state index contributed by atoms with van der Waals surface area (Å²) in [6.45, 7) is 0.110. The van der Waals surface area contributed by atoms with Crippen LogP contribution in [0.4, 0.5) is 5.69 Å². The summed E-state index contributed by atoms with van der Waals surface area (Å²) in [6, 6.07) is 8.74. The van der Waals surface area contributed by atoms with Gasteiger partial charge in [-0.15, -0.1) is 11.8 Å². The fourth-order valence-corrected chi connectivity index (χ4v) is 3.50. The van der Waals surface area contributed by atoms with E-state index in [1.54, 1.807) is 10.9 Å². The fraction of sp³-hybridized carbons (Fsp3) is 0.286. The molecule has 1 aliphatic rings. The normalized spacial score (nSPS) is 17.5. The highest BCUT2D eigenvalue weighted by Crippen LogP contribution is 2.37. The number of rotatable bonds is 4. The Morgan fingerprint density at radius 1 is 1.50 bits per heavy atom. The molecular weight excluding hydrogens is 272 g/mol. The minimum absolute atomic E-state index is 0.110. The lowest BCUT2D eigenvalue weighted by molar-refractivity contribution is -0.118. The van der Waals surface area contributed by atoms with Gasteiger partial charge in [-0.3, -0.25) is 9.48 Å². The van der Waals surface area contributed by atoms with Gasteiger partial charge < -0.3 is 11.1 Å². The molecule has 1 aliphatic heterocycles. The van der Waals surface area contributed by atoms with Gasteiger partial charge in [-0.1, -0.05) is 18.2 Å². The number of benzene rings is 1. The van der Waals surface area contributed by atoms with Gasteiger partial charge in [0.1, 0.15) is 6.54 Å². The minimum Gasteiger partial charge on any atom is -0.376 e. The summed E-state index contributed by atoms with van der Waals surface area (Å²) >= 11 is 1.89. The van der Waals surface area contributed by atoms with Crippen LogP contribution in [-0.2, 0) is 11.3 Å². The van der Waals surface area contributed by atoms with Crippen LogP contribution in [0, 0.1) is 0 Å². The van der Waals surface area contributed by atoms with Crippen LogP contribution >= 0.6 is 11.8 Å². The Hall–Kier alpha value is -1.95. The van der Waals surface area contributed by atoms with Crippen molar-refractivity contribution in [2.45, 2.75) is 23.9 Å². The molecule has 1 atom stereocenters. The number of anilines is 1. The number of thioether (sulfide) groups is 1. The van der Waals surface area contributed by atoms with E-state index in [2.05, 4.69) is 34.7 Å². The number of hydrogen-bond acceptors (Lipinski definition) is 4. The number of amides is 1. The van der Waals surface area contributed by atoms with E-state index in [9.17, 15) is 4.79 Å². The summed E-state index contributed by atoms with van der Waals surface area (Å²) < 4.78 is 1.55. The van der Waals surface area contributed by atoms with Gasteiger partial charge in [0.05, 0.1) is 17.9 Å². The lowest BCUT2D eigenvalue weighted by Gasteiger charge is -2.26. The van der Waals surface area contributed by atoms with Crippen molar-refractivity contribution in [3.05, 3.63) is 42.2 Å². The standard InChI is InChI=1S/C14H16N4OS/c15-14(19)9-18-8-10(7-16-18)17-12-5-6-20-13-4-2-1-3-11(12)13/h1-4,7-8,12,17H,5-6,9H2,(H2,15,19). The number of carbonyl (C=O) groups is 1. The molecule has 0 spiro atoms. The molecule has 5 nitrogen and oxygen atoms in total. The Labute approximate surface area is 121 Å². The number of hydrogen-bond donors (Lipinski definition) is 2. The zero-order valence-corrected chi connectivity index (χ0v) is 11.8. The molecule has 1 amide bonds. The highest BCUT2D eigenvalue weighted by atomic mass is 32.2. The molecular formula is C14H16N4OS. The number of nitrogens with two attached hydrogens (primary N) is 1. The number of nitrogens with one attached hydrogen (secondary N) is 1. The van der Waals surface area contributed by atoms with Crippen molar-refractivity contribution < 1.29 is 4.79 Å². The SMILES string of the molecule is NC(=O)Cn1cc(NC2CCSc3ccccc32)cn1. The van der Waals surface area contributed by atoms with Crippen LogP contribution in [0.3, 0.4) is 0 Å². The largest absolute Gasteiger partial charge is 0.376 e. The Kier molecular flexibility index (Phi) is 3.64. The predicted octanol–water partition coefficient (Wildman–Crippen LogP) is 2.02. The molecule has 1 unspecified atom stereocenters. The molecule has 0 radical (unpaired) electrons. The van der Waals surface area contributed by atoms with Crippen molar-refractivity contribution in [3.63, 3.8) is 0 Å². The van der Waals surface area contributed by atoms with E-state index >= 15 is 0 Å². The number of nitrogens with zero attached hydrogens (tertiary/aromatic N) is 2. The lowest BCUT2D eigenvalue weighted by Crippen LogP contribution is -2.19. The third kappa shape index (κ3) is 2.80. The average Bonchev–Trinajstić information content (AvgIpc) is 2.86. The van der Waals surface area contributed by atoms with Gasteiger partial charge in [0.2, 0.25) is 5.91 Å². The zero-order chi connectivity index (χ0) is 13.9. The highest BCUT2D eigenvalue weighted by Gasteiger charge is 2.20. The summed E-state index contributed by atoms with van der Waals surface area (Å²) in [4.78, 5) is 12.2. The van der Waals surface area contributed by atoms with E-state index in [0.717, 1.165) is 17.9 Å². The van der Waals surface area contributed by atoms with Crippen molar-refractivity contribution in [2.75, 3.05) is 11.1 Å². The molecule has 0 bridgehead atoms. The van der Waals surface area contributed by atoms with Crippen LogP contribution in [0.15, 0.2) is 41.6 Å². The van der Waals surface area contributed by atoms with Crippen LogP contribution in [0.5, 0.6) is 0 Å². The van der Waals surface area contributed by atoms with Gasteiger partial charge in [-0.25, -0.2) is 0 Å². The third-order valence-electron chi connectivity index (χ3n) is 3.25. The third-order valence-corrected chi connectivity index (χ3v) is 4.37. The van der Waals surface area contributed by atoms with E-state index in [1.165, 1.54) is 10.5 Å². The summed E-state index contributed by atoms with van der Waals surface area (Å²) in [5.41, 5.74) is 7.40. The lowest BCUT2D eigenvalue weighted by atomic mass is 10.0. The smallest absolute Gasteiger partial charge is 0.239 e. The number of carbonyl (C=O) groups excluding carboxylic acids is 1. The summed E-state index contributed by atoms with van der Waals surface area (Å²) in [7, 11) is 0. The van der Waals surface area contributed by atoms with Crippen molar-refractivity contribution in [3.8, 4) is 0 Å². The van der Waals surface area contributed by atoms with Crippen LogP contribution in [0.25, 0.3) is 0 Å². The molecule has 104 valence electrons. The van der Waals surface area contributed by atoms with Crippen molar-refractivity contribution in [1.29, 1.82) is 0 Å². The Morgan fingerprint density at radius 2 is 2.35 bits per heavy atom. The van der Waals surface area contributed by atoms with Crippen LogP contribution < -0.4 is 11.1 Å². The zero-order valence-electron chi connectivity index (χ0n) is 11.0. The molecule has 1 aromatic heterocycles. The first-order valence-electron chi connectivity index (χ1n) is 6.51. The molecule has 1 aromatic carbocycles. The van der Waals surface area contributed by atoms with Gasteiger partial charge in [0, 0.05) is 16.8 Å². The van der Waals surface area contributed by atoms with E-state index in [4.69, 9.17) is 5.73 Å². The second-order valence-electron chi connectivity index (χ2n) is 4.76. The quantitative estimate of drug-likeness (QED) is 0.902. The number of aromatic nitrogens is 2. The Balaban J connectivity index is 1.75. The molecule has 2 aromatic rings. The first-order valence-corrected chi connectivity index (χ1v) is 7.50. The Bertz CT molecular complexity index is 625. The maximum absolute atomic E-state index is 10.9. The van der Waals surface area contributed by atoms with Crippen LogP contribution in [0.1, 0.15) is 18.0 Å². The maximum atomic E-state index is 10.9. The molecule has 3 rings (SSSR count). The van der Waals surface area contributed by atoms with E-state index < -0.39 is 0 Å². The monoisotopic (exact) mass is 288 g/mol.